The van der Waals surface area contributed by atoms with Gasteiger partial charge < -0.3 is 4.90 Å². The van der Waals surface area contributed by atoms with E-state index < -0.39 is 0 Å². The van der Waals surface area contributed by atoms with Gasteiger partial charge in [0, 0.05) is 75.2 Å². The molecule has 0 radical (unpaired) electrons. The lowest BCUT2D eigenvalue weighted by Gasteiger charge is -2.26. The van der Waals surface area contributed by atoms with E-state index in [1.54, 1.807) is 0 Å². The van der Waals surface area contributed by atoms with Gasteiger partial charge in [0.15, 0.2) is 0 Å². The van der Waals surface area contributed by atoms with Gasteiger partial charge in [-0.25, -0.2) is 0 Å². The highest BCUT2D eigenvalue weighted by atomic mass is 32.1. The summed E-state index contributed by atoms with van der Waals surface area (Å²) < 4.78 is 5.22. The minimum Gasteiger partial charge on any atom is -0.310 e. The number of hydrogen-bond acceptors (Lipinski definition) is 4. The van der Waals surface area contributed by atoms with Crippen LogP contribution in [0, 0.1) is 0 Å². The van der Waals surface area contributed by atoms with Crippen LogP contribution in [0.15, 0.2) is 170 Å². The highest BCUT2D eigenvalue weighted by molar-refractivity contribution is 7.26. The maximum Gasteiger partial charge on any atom is 0.0476 e. The maximum atomic E-state index is 4.35. The number of hydrogen-bond donors (Lipinski definition) is 0. The molecule has 0 atom stereocenters. The van der Waals surface area contributed by atoms with Crippen LogP contribution < -0.4 is 4.90 Å². The van der Waals surface area contributed by atoms with Crippen molar-refractivity contribution < 1.29 is 0 Å². The molecular formula is C47H28N2S2. The third-order valence-corrected chi connectivity index (χ3v) is 12.5. The number of pyridine rings is 1. The molecule has 0 saturated heterocycles. The minimum atomic E-state index is 1.12. The summed E-state index contributed by atoms with van der Waals surface area (Å²) in [5, 5.41) is 12.7. The fraction of sp³-hybridized carbons (Fsp3) is 0. The Morgan fingerprint density at radius 3 is 1.45 bits per heavy atom. The van der Waals surface area contributed by atoms with E-state index >= 15 is 0 Å². The largest absolute Gasteiger partial charge is 0.310 e. The molecule has 0 N–H and O–H groups in total. The lowest BCUT2D eigenvalue weighted by atomic mass is 10.0. The van der Waals surface area contributed by atoms with E-state index in [0.717, 1.165) is 22.4 Å². The van der Waals surface area contributed by atoms with Gasteiger partial charge >= 0.3 is 0 Å². The maximum absolute atomic E-state index is 4.35. The molecule has 2 nitrogen and oxygen atoms in total. The topological polar surface area (TPSA) is 16.1 Å². The van der Waals surface area contributed by atoms with Crippen LogP contribution in [0.3, 0.4) is 0 Å². The molecule has 0 aliphatic heterocycles. The Bertz CT molecular complexity index is 3000. The van der Waals surface area contributed by atoms with Crippen molar-refractivity contribution in [1.82, 2.24) is 4.98 Å². The average molecular weight is 685 g/mol. The van der Waals surface area contributed by atoms with Gasteiger partial charge in [0.2, 0.25) is 0 Å². The van der Waals surface area contributed by atoms with Crippen molar-refractivity contribution in [2.75, 3.05) is 4.90 Å². The number of aromatic nitrogens is 1. The van der Waals surface area contributed by atoms with Gasteiger partial charge in [0.25, 0.3) is 0 Å². The molecular weight excluding hydrogens is 657 g/mol. The van der Waals surface area contributed by atoms with Gasteiger partial charge in [-0.15, -0.1) is 22.7 Å². The Morgan fingerprint density at radius 2 is 0.863 bits per heavy atom. The van der Waals surface area contributed by atoms with E-state index in [9.17, 15) is 0 Å². The van der Waals surface area contributed by atoms with Gasteiger partial charge in [0.05, 0.1) is 0 Å². The van der Waals surface area contributed by atoms with E-state index in [1.807, 2.05) is 35.1 Å². The molecule has 0 fully saturated rings. The summed E-state index contributed by atoms with van der Waals surface area (Å²) in [6.07, 6.45) is 3.79. The smallest absolute Gasteiger partial charge is 0.0476 e. The standard InChI is InChI=1S/C47H28N2S2/c1-3-7-33-24-44-42(22-31(33)5-1)40-17-15-38(26-46(40)50-44)49(37-13-11-29(12-14-37)35-10-9-30-19-20-48-28-36(30)21-35)39-16-18-41-43-23-32-6-2-4-8-34(32)25-45(43)51-47(41)27-39/h1-28H. The van der Waals surface area contributed by atoms with Crippen molar-refractivity contribution in [1.29, 1.82) is 0 Å². The Hall–Kier alpha value is -6.07. The van der Waals surface area contributed by atoms with Crippen molar-refractivity contribution in [3.63, 3.8) is 0 Å². The van der Waals surface area contributed by atoms with Crippen molar-refractivity contribution in [2.24, 2.45) is 0 Å². The zero-order valence-corrected chi connectivity index (χ0v) is 29.0. The number of rotatable bonds is 4. The first-order chi connectivity index (χ1) is 25.2. The number of thiophene rings is 2. The van der Waals surface area contributed by atoms with Crippen molar-refractivity contribution in [2.45, 2.75) is 0 Å². The molecule has 0 amide bonds. The van der Waals surface area contributed by atoms with Crippen LogP contribution in [0.25, 0.3) is 83.8 Å². The molecule has 0 saturated carbocycles. The van der Waals surface area contributed by atoms with E-state index in [-0.39, 0.29) is 0 Å². The van der Waals surface area contributed by atoms with E-state index in [4.69, 9.17) is 0 Å². The van der Waals surface area contributed by atoms with Crippen LogP contribution >= 0.6 is 22.7 Å². The first-order valence-electron chi connectivity index (χ1n) is 17.2. The van der Waals surface area contributed by atoms with Crippen molar-refractivity contribution >= 4 is 112 Å². The van der Waals surface area contributed by atoms with Crippen LogP contribution in [0.2, 0.25) is 0 Å². The second-order valence-electron chi connectivity index (χ2n) is 13.3. The Kier molecular flexibility index (Phi) is 6.32. The number of fused-ring (bicyclic) bond motifs is 9. The summed E-state index contributed by atoms with van der Waals surface area (Å²) in [6.45, 7) is 0. The molecule has 11 aromatic rings. The molecule has 4 heteroatoms. The Morgan fingerprint density at radius 1 is 0.353 bits per heavy atom. The molecule has 238 valence electrons. The van der Waals surface area contributed by atoms with Crippen LogP contribution in [0.1, 0.15) is 0 Å². The highest BCUT2D eigenvalue weighted by Crippen LogP contribution is 2.44. The predicted octanol–water partition coefficient (Wildman–Crippen LogP) is 14.4. The quantitative estimate of drug-likeness (QED) is 0.183. The van der Waals surface area contributed by atoms with Gasteiger partial charge in [-0.3, -0.25) is 4.98 Å². The Labute approximate surface area is 302 Å². The normalized spacial score (nSPS) is 11.9. The number of anilines is 3. The molecule has 51 heavy (non-hydrogen) atoms. The lowest BCUT2D eigenvalue weighted by Crippen LogP contribution is -2.09. The van der Waals surface area contributed by atoms with Gasteiger partial charge in [-0.1, -0.05) is 84.9 Å². The summed E-state index contributed by atoms with van der Waals surface area (Å²) in [7, 11) is 0. The van der Waals surface area contributed by atoms with Crippen LogP contribution in [-0.2, 0) is 0 Å². The van der Waals surface area contributed by atoms with Gasteiger partial charge in [-0.2, -0.15) is 0 Å². The molecule has 0 aliphatic rings. The molecule has 0 aliphatic carbocycles. The number of nitrogens with zero attached hydrogens (tertiary/aromatic N) is 2. The summed E-state index contributed by atoms with van der Waals surface area (Å²) in [4.78, 5) is 6.76. The summed E-state index contributed by atoms with van der Waals surface area (Å²) in [6, 6.07) is 58.3. The second kappa shape index (κ2) is 11.2. The lowest BCUT2D eigenvalue weighted by molar-refractivity contribution is 1.30. The van der Waals surface area contributed by atoms with E-state index in [0.29, 0.717) is 0 Å². The van der Waals surface area contributed by atoms with Gasteiger partial charge in [0.1, 0.15) is 0 Å². The Balaban J connectivity index is 1.07. The molecule has 0 unspecified atom stereocenters. The minimum absolute atomic E-state index is 1.12. The first-order valence-corrected chi connectivity index (χ1v) is 18.8. The summed E-state index contributed by atoms with van der Waals surface area (Å²) in [5.41, 5.74) is 5.79. The monoisotopic (exact) mass is 684 g/mol. The summed E-state index contributed by atoms with van der Waals surface area (Å²) >= 11 is 3.75. The van der Waals surface area contributed by atoms with E-state index in [2.05, 4.69) is 168 Å². The fourth-order valence-electron chi connectivity index (χ4n) is 7.69. The zero-order chi connectivity index (χ0) is 33.5. The average Bonchev–Trinajstić information content (AvgIpc) is 3.72. The second-order valence-corrected chi connectivity index (χ2v) is 15.4. The van der Waals surface area contributed by atoms with Crippen molar-refractivity contribution in [3.8, 4) is 11.1 Å². The molecule has 0 spiro atoms. The highest BCUT2D eigenvalue weighted by Gasteiger charge is 2.17. The van der Waals surface area contributed by atoms with Crippen LogP contribution in [0.5, 0.6) is 0 Å². The predicted molar refractivity (Wildman–Crippen MR) is 223 cm³/mol. The third kappa shape index (κ3) is 4.72. The zero-order valence-electron chi connectivity index (χ0n) is 27.4. The molecule has 3 heterocycles. The van der Waals surface area contributed by atoms with Gasteiger partial charge in [-0.05, 0) is 111 Å². The van der Waals surface area contributed by atoms with E-state index in [1.165, 1.54) is 78.4 Å². The van der Waals surface area contributed by atoms with Crippen LogP contribution in [-0.4, -0.2) is 4.98 Å². The number of benzene rings is 8. The SMILES string of the molecule is c1ccc2cc3c(cc2c1)sc1cc(N(c2ccc(-c4ccc5ccncc5c4)cc2)c2ccc4c(c2)sc2cc5ccccc5cc24)ccc13. The summed E-state index contributed by atoms with van der Waals surface area (Å²) in [5.74, 6) is 0. The first kappa shape index (κ1) is 28.7. The molecule has 8 aromatic carbocycles. The van der Waals surface area contributed by atoms with Crippen molar-refractivity contribution in [3.05, 3.63) is 170 Å². The molecule has 3 aromatic heterocycles. The third-order valence-electron chi connectivity index (χ3n) is 10.3. The fourth-order valence-corrected chi connectivity index (χ4v) is 10.0. The van der Waals surface area contributed by atoms with Crippen LogP contribution in [0.4, 0.5) is 17.1 Å². The molecule has 0 bridgehead atoms. The molecule has 11 rings (SSSR count).